The number of hydrogen-bond acceptors (Lipinski definition) is 4. The zero-order valence-electron chi connectivity index (χ0n) is 16.2. The zero-order chi connectivity index (χ0) is 19.9. The molecule has 1 atom stereocenters. The highest BCUT2D eigenvalue weighted by Gasteiger charge is 2.34. The van der Waals surface area contributed by atoms with Crippen LogP contribution in [0.25, 0.3) is 0 Å². The molecule has 0 bridgehead atoms. The van der Waals surface area contributed by atoms with Crippen LogP contribution in [-0.4, -0.2) is 61.1 Å². The fraction of sp³-hybridized carbons (Fsp3) is 0.286. The average molecular weight is 508 g/mol. The van der Waals surface area contributed by atoms with Gasteiger partial charge in [0.2, 0.25) is 0 Å². The molecule has 1 aliphatic heterocycles. The lowest BCUT2D eigenvalue weighted by Crippen LogP contribution is -2.44. The van der Waals surface area contributed by atoms with Crippen molar-refractivity contribution in [3.63, 3.8) is 0 Å². The Labute approximate surface area is 187 Å². The quantitative estimate of drug-likeness (QED) is 0.230. The van der Waals surface area contributed by atoms with Crippen LogP contribution < -0.4 is 10.6 Å². The number of halogens is 1. The first-order valence-electron chi connectivity index (χ1n) is 9.21. The van der Waals surface area contributed by atoms with Gasteiger partial charge in [-0.15, -0.1) is 24.0 Å². The summed E-state index contributed by atoms with van der Waals surface area (Å²) in [6.07, 6.45) is 0. The van der Waals surface area contributed by atoms with E-state index in [2.05, 4.69) is 15.6 Å². The first kappa shape index (κ1) is 22.8. The molecule has 0 aromatic heterocycles. The average Bonchev–Trinajstić information content (AvgIpc) is 2.98. The van der Waals surface area contributed by atoms with Crippen LogP contribution in [0.4, 0.5) is 0 Å². The van der Waals surface area contributed by atoms with E-state index in [-0.39, 0.29) is 54.9 Å². The molecule has 0 radical (unpaired) electrons. The van der Waals surface area contributed by atoms with Crippen molar-refractivity contribution in [1.29, 1.82) is 0 Å². The van der Waals surface area contributed by atoms with Crippen LogP contribution in [0.1, 0.15) is 32.2 Å². The van der Waals surface area contributed by atoms with Crippen molar-refractivity contribution in [1.82, 2.24) is 15.5 Å². The van der Waals surface area contributed by atoms with E-state index in [4.69, 9.17) is 0 Å². The van der Waals surface area contributed by atoms with E-state index in [0.717, 1.165) is 5.56 Å². The predicted molar refractivity (Wildman–Crippen MR) is 123 cm³/mol. The topological polar surface area (TPSA) is 94.0 Å². The maximum Gasteiger partial charge on any atom is 0.261 e. The highest BCUT2D eigenvalue weighted by Crippen LogP contribution is 2.21. The summed E-state index contributed by atoms with van der Waals surface area (Å²) in [6.45, 7) is 1.14. The van der Waals surface area contributed by atoms with E-state index in [1.54, 1.807) is 31.3 Å². The number of benzene rings is 2. The smallest absolute Gasteiger partial charge is 0.261 e. The molecular weight excluding hydrogens is 483 g/mol. The Balaban J connectivity index is 0.00000300. The second-order valence-corrected chi connectivity index (χ2v) is 6.48. The number of guanidine groups is 1. The van der Waals surface area contributed by atoms with Crippen molar-refractivity contribution in [3.8, 4) is 0 Å². The summed E-state index contributed by atoms with van der Waals surface area (Å²) in [5.74, 6) is -0.0495. The molecule has 0 fully saturated rings. The van der Waals surface area contributed by atoms with Crippen LogP contribution in [0.3, 0.4) is 0 Å². The number of aliphatic hydroxyl groups excluding tert-OH is 1. The molecule has 8 heteroatoms. The Kier molecular flexibility index (Phi) is 8.59. The molecule has 0 saturated carbocycles. The number of aliphatic imine (C=N–C) groups is 1. The molecule has 1 heterocycles. The Morgan fingerprint density at radius 3 is 2.14 bits per heavy atom. The highest BCUT2D eigenvalue weighted by molar-refractivity contribution is 14.0. The van der Waals surface area contributed by atoms with Gasteiger partial charge in [0, 0.05) is 32.6 Å². The molecule has 0 aliphatic carbocycles. The minimum Gasteiger partial charge on any atom is -0.396 e. The van der Waals surface area contributed by atoms with E-state index in [9.17, 15) is 14.7 Å². The summed E-state index contributed by atoms with van der Waals surface area (Å²) < 4.78 is 0. The number of amides is 2. The zero-order valence-corrected chi connectivity index (χ0v) is 18.5. The molecule has 7 nitrogen and oxygen atoms in total. The third-order valence-corrected chi connectivity index (χ3v) is 4.74. The number of nitrogens with zero attached hydrogens (tertiary/aromatic N) is 2. The molecule has 2 aromatic carbocycles. The van der Waals surface area contributed by atoms with Crippen LogP contribution in [0.2, 0.25) is 0 Å². The van der Waals surface area contributed by atoms with Gasteiger partial charge < -0.3 is 15.7 Å². The second kappa shape index (κ2) is 10.9. The lowest BCUT2D eigenvalue weighted by atomic mass is 10.0. The molecule has 3 rings (SSSR count). The van der Waals surface area contributed by atoms with Gasteiger partial charge in [-0.25, -0.2) is 0 Å². The van der Waals surface area contributed by atoms with E-state index < -0.39 is 0 Å². The molecular formula is C21H25IN4O3. The van der Waals surface area contributed by atoms with E-state index in [1.165, 1.54) is 4.90 Å². The Bertz CT molecular complexity index is 838. The number of fused-ring (bicyclic) bond motifs is 1. The van der Waals surface area contributed by atoms with E-state index in [1.807, 2.05) is 30.3 Å². The number of carbonyl (C=O) groups is 2. The number of carbonyl (C=O) groups excluding carboxylic acids is 2. The fourth-order valence-electron chi connectivity index (χ4n) is 3.18. The maximum absolute atomic E-state index is 12.4. The van der Waals surface area contributed by atoms with Gasteiger partial charge in [0.1, 0.15) is 0 Å². The van der Waals surface area contributed by atoms with Gasteiger partial charge in [0.25, 0.3) is 11.8 Å². The number of hydrogen-bond donors (Lipinski definition) is 3. The molecule has 3 N–H and O–H groups in total. The Hall–Kier alpha value is -2.46. The largest absolute Gasteiger partial charge is 0.396 e. The Morgan fingerprint density at radius 1 is 1.00 bits per heavy atom. The third-order valence-electron chi connectivity index (χ3n) is 4.74. The highest BCUT2D eigenvalue weighted by atomic mass is 127. The van der Waals surface area contributed by atoms with Crippen molar-refractivity contribution in [2.24, 2.45) is 4.99 Å². The van der Waals surface area contributed by atoms with Gasteiger partial charge in [-0.05, 0) is 17.7 Å². The summed E-state index contributed by atoms with van der Waals surface area (Å²) >= 11 is 0. The summed E-state index contributed by atoms with van der Waals surface area (Å²) in [5.41, 5.74) is 1.94. The molecule has 1 aliphatic rings. The van der Waals surface area contributed by atoms with Crippen molar-refractivity contribution < 1.29 is 14.7 Å². The van der Waals surface area contributed by atoms with Crippen molar-refractivity contribution in [2.75, 3.05) is 33.3 Å². The lowest BCUT2D eigenvalue weighted by Gasteiger charge is -2.19. The first-order valence-corrected chi connectivity index (χ1v) is 9.21. The van der Waals surface area contributed by atoms with E-state index in [0.29, 0.717) is 30.2 Å². The normalized spacial score (nSPS) is 14.3. The lowest BCUT2D eigenvalue weighted by molar-refractivity contribution is 0.0657. The van der Waals surface area contributed by atoms with Crippen LogP contribution in [0.15, 0.2) is 59.6 Å². The predicted octanol–water partition coefficient (Wildman–Crippen LogP) is 1.84. The van der Waals surface area contributed by atoms with Crippen LogP contribution in [0.5, 0.6) is 0 Å². The summed E-state index contributed by atoms with van der Waals surface area (Å²) in [6, 6.07) is 16.6. The number of aliphatic hydroxyl groups is 1. The molecule has 0 spiro atoms. The van der Waals surface area contributed by atoms with Crippen LogP contribution >= 0.6 is 24.0 Å². The first-order chi connectivity index (χ1) is 13.7. The van der Waals surface area contributed by atoms with Crippen molar-refractivity contribution >= 4 is 41.8 Å². The van der Waals surface area contributed by atoms with E-state index >= 15 is 0 Å². The number of nitrogens with one attached hydrogen (secondary N) is 2. The molecule has 29 heavy (non-hydrogen) atoms. The second-order valence-electron chi connectivity index (χ2n) is 6.48. The van der Waals surface area contributed by atoms with Gasteiger partial charge in [-0.2, -0.15) is 0 Å². The molecule has 1 unspecified atom stereocenters. The minimum atomic E-state index is -0.269. The molecule has 154 valence electrons. The molecule has 2 aromatic rings. The maximum atomic E-state index is 12.4. The molecule has 2 amide bonds. The SMILES string of the molecule is CN=C(NCCN1C(=O)c2ccccc2C1=O)NCC(CO)c1ccccc1.I. The summed E-state index contributed by atoms with van der Waals surface area (Å²) in [4.78, 5) is 30.1. The third kappa shape index (κ3) is 5.33. The number of imide groups is 1. The van der Waals surface area contributed by atoms with Gasteiger partial charge in [-0.3, -0.25) is 19.5 Å². The van der Waals surface area contributed by atoms with Crippen LogP contribution in [-0.2, 0) is 0 Å². The standard InChI is InChI=1S/C21H24N4O3.HI/c1-22-21(24-13-16(14-26)15-7-3-2-4-8-15)23-11-12-25-19(27)17-9-5-6-10-18(17)20(25)28;/h2-10,16,26H,11-14H2,1H3,(H2,22,23,24);1H. The number of rotatable bonds is 7. The van der Waals surface area contributed by atoms with Gasteiger partial charge in [0.15, 0.2) is 5.96 Å². The van der Waals surface area contributed by atoms with Crippen molar-refractivity contribution in [3.05, 3.63) is 71.3 Å². The van der Waals surface area contributed by atoms with Gasteiger partial charge in [0.05, 0.1) is 17.7 Å². The minimum absolute atomic E-state index is 0. The van der Waals surface area contributed by atoms with Crippen molar-refractivity contribution in [2.45, 2.75) is 5.92 Å². The Morgan fingerprint density at radius 2 is 1.59 bits per heavy atom. The van der Waals surface area contributed by atoms with Crippen LogP contribution in [0, 0.1) is 0 Å². The summed E-state index contributed by atoms with van der Waals surface area (Å²) in [5, 5.41) is 15.9. The molecule has 0 saturated heterocycles. The monoisotopic (exact) mass is 508 g/mol. The fourth-order valence-corrected chi connectivity index (χ4v) is 3.18. The summed E-state index contributed by atoms with van der Waals surface area (Å²) in [7, 11) is 1.65. The van der Waals surface area contributed by atoms with Gasteiger partial charge >= 0.3 is 0 Å². The van der Waals surface area contributed by atoms with Gasteiger partial charge in [-0.1, -0.05) is 42.5 Å².